The van der Waals surface area contributed by atoms with Gasteiger partial charge in [-0.15, -0.1) is 4.40 Å². The van der Waals surface area contributed by atoms with Gasteiger partial charge in [-0.25, -0.2) is 0 Å². The summed E-state index contributed by atoms with van der Waals surface area (Å²) < 4.78 is 30.4. The van der Waals surface area contributed by atoms with Crippen LogP contribution in [0.15, 0.2) is 51.9 Å². The highest BCUT2D eigenvalue weighted by Crippen LogP contribution is 2.31. The molecule has 1 aromatic heterocycles. The van der Waals surface area contributed by atoms with Crippen molar-refractivity contribution in [1.82, 2.24) is 4.57 Å². The second-order valence-corrected chi connectivity index (χ2v) is 8.79. The van der Waals surface area contributed by atoms with Crippen molar-refractivity contribution in [2.24, 2.45) is 10.3 Å². The van der Waals surface area contributed by atoms with Crippen LogP contribution in [0.2, 0.25) is 0 Å². The van der Waals surface area contributed by atoms with Crippen LogP contribution >= 0.6 is 0 Å². The third-order valence-electron chi connectivity index (χ3n) is 5.03. The third-order valence-corrected chi connectivity index (χ3v) is 6.32. The van der Waals surface area contributed by atoms with Crippen LogP contribution in [0, 0.1) is 23.0 Å². The van der Waals surface area contributed by atoms with Gasteiger partial charge in [0.2, 0.25) is 0 Å². The lowest BCUT2D eigenvalue weighted by Gasteiger charge is -2.32. The van der Waals surface area contributed by atoms with Gasteiger partial charge in [-0.3, -0.25) is 14.9 Å². The van der Waals surface area contributed by atoms with E-state index in [1.54, 1.807) is 12.1 Å². The van der Waals surface area contributed by atoms with E-state index < -0.39 is 27.1 Å². The molecule has 0 radical (unpaired) electrons. The first-order valence-electron chi connectivity index (χ1n) is 9.04. The minimum Gasteiger partial charge on any atom is -0.393 e. The number of aryl methyl sites for hydroxylation is 1. The molecule has 1 fully saturated rings. The van der Waals surface area contributed by atoms with Gasteiger partial charge in [0.25, 0.3) is 15.7 Å². The summed E-state index contributed by atoms with van der Waals surface area (Å²) in [6.45, 7) is 3.36. The van der Waals surface area contributed by atoms with Crippen molar-refractivity contribution in [2.45, 2.75) is 43.7 Å². The number of aliphatic hydroxyl groups excluding tert-OH is 1. The molecule has 0 saturated heterocycles. The van der Waals surface area contributed by atoms with E-state index >= 15 is 0 Å². The average Bonchev–Trinajstić information content (AvgIpc) is 2.64. The quantitative estimate of drug-likeness (QED) is 0.562. The number of aromatic nitrogens is 1. The molecule has 9 nitrogen and oxygen atoms in total. The van der Waals surface area contributed by atoms with Crippen molar-refractivity contribution in [1.29, 1.82) is 0 Å². The summed E-state index contributed by atoms with van der Waals surface area (Å²) in [5.41, 5.74) is 0.512. The van der Waals surface area contributed by atoms with Crippen LogP contribution < -0.4 is 5.49 Å². The number of ketones is 1. The Balaban J connectivity index is 2.08. The Bertz CT molecular complexity index is 1120. The standard InChI is InChI=1S/C19H21N3O6S/c1-12-3-6-17(7-4-12)29(27,28)20-18-8-5-15(22(25)26)11-21(18)13(2)19(24)14-9-16(23)10-14/h3-8,11,13-14,16,23H,9-10H2,1-2H3. The highest BCUT2D eigenvalue weighted by Gasteiger charge is 2.36. The zero-order valence-corrected chi connectivity index (χ0v) is 16.7. The smallest absolute Gasteiger partial charge is 0.285 e. The fourth-order valence-electron chi connectivity index (χ4n) is 3.18. The van der Waals surface area contributed by atoms with Crippen LogP contribution in [0.1, 0.15) is 31.4 Å². The lowest BCUT2D eigenvalue weighted by molar-refractivity contribution is -0.385. The molecule has 2 aromatic rings. The lowest BCUT2D eigenvalue weighted by Crippen LogP contribution is -2.39. The minimum atomic E-state index is -4.08. The van der Waals surface area contributed by atoms with E-state index in [2.05, 4.69) is 4.40 Å². The molecule has 29 heavy (non-hydrogen) atoms. The molecule has 0 amide bonds. The highest BCUT2D eigenvalue weighted by molar-refractivity contribution is 7.90. The van der Waals surface area contributed by atoms with E-state index in [0.29, 0.717) is 12.8 Å². The number of pyridine rings is 1. The van der Waals surface area contributed by atoms with Gasteiger partial charge in [0.1, 0.15) is 5.49 Å². The number of nitrogens with zero attached hydrogens (tertiary/aromatic N) is 3. The molecule has 0 bridgehead atoms. The molecular weight excluding hydrogens is 398 g/mol. The number of hydrogen-bond donors (Lipinski definition) is 1. The molecule has 0 spiro atoms. The van der Waals surface area contributed by atoms with E-state index in [9.17, 15) is 28.4 Å². The number of carbonyl (C=O) groups excluding carboxylic acids is 1. The van der Waals surface area contributed by atoms with Gasteiger partial charge in [-0.2, -0.15) is 8.42 Å². The summed E-state index contributed by atoms with van der Waals surface area (Å²) in [7, 11) is -4.08. The molecule has 1 unspecified atom stereocenters. The number of hydrogen-bond acceptors (Lipinski definition) is 6. The van der Waals surface area contributed by atoms with Gasteiger partial charge >= 0.3 is 0 Å². The van der Waals surface area contributed by atoms with Crippen molar-refractivity contribution in [3.8, 4) is 0 Å². The number of aliphatic hydroxyl groups is 1. The fraction of sp³-hybridized carbons (Fsp3) is 0.368. The van der Waals surface area contributed by atoms with E-state index in [1.807, 2.05) is 6.92 Å². The monoisotopic (exact) mass is 419 g/mol. The number of nitro groups is 1. The molecule has 1 saturated carbocycles. The van der Waals surface area contributed by atoms with Crippen LogP contribution in [-0.4, -0.2) is 34.9 Å². The van der Waals surface area contributed by atoms with E-state index in [0.717, 1.165) is 17.8 Å². The Morgan fingerprint density at radius 2 is 1.86 bits per heavy atom. The first-order chi connectivity index (χ1) is 13.6. The number of benzene rings is 1. The Labute approximate surface area is 167 Å². The molecule has 3 rings (SSSR count). The molecule has 1 aliphatic rings. The molecule has 1 heterocycles. The SMILES string of the molecule is Cc1ccc(S(=O)(=O)N=c2ccc([N+](=O)[O-])cn2C(C)C(=O)C2CC(O)C2)cc1. The summed E-state index contributed by atoms with van der Waals surface area (Å²) in [4.78, 5) is 23.2. The lowest BCUT2D eigenvalue weighted by atomic mass is 9.77. The van der Waals surface area contributed by atoms with Crippen LogP contribution in [0.3, 0.4) is 0 Å². The number of rotatable bonds is 6. The summed E-state index contributed by atoms with van der Waals surface area (Å²) in [5, 5.41) is 20.6. The second kappa shape index (κ2) is 7.88. The Morgan fingerprint density at radius 1 is 1.24 bits per heavy atom. The molecule has 1 aromatic carbocycles. The topological polar surface area (TPSA) is 132 Å². The maximum Gasteiger partial charge on any atom is 0.285 e. The van der Waals surface area contributed by atoms with Crippen molar-refractivity contribution in [2.75, 3.05) is 0 Å². The van der Waals surface area contributed by atoms with Crippen molar-refractivity contribution in [3.05, 3.63) is 63.8 Å². The second-order valence-electron chi connectivity index (χ2n) is 7.19. The first kappa shape index (κ1) is 20.9. The van der Waals surface area contributed by atoms with Gasteiger partial charge in [-0.05, 0) is 44.9 Å². The van der Waals surface area contributed by atoms with Crippen molar-refractivity contribution in [3.63, 3.8) is 0 Å². The van der Waals surface area contributed by atoms with E-state index in [4.69, 9.17) is 0 Å². The number of sulfonamides is 1. The van der Waals surface area contributed by atoms with Gasteiger partial charge < -0.3 is 9.67 Å². The van der Waals surface area contributed by atoms with Crippen LogP contribution in [-0.2, 0) is 14.8 Å². The summed E-state index contributed by atoms with van der Waals surface area (Å²) in [6.07, 6.45) is 1.23. The molecule has 1 aliphatic carbocycles. The first-order valence-corrected chi connectivity index (χ1v) is 10.5. The predicted octanol–water partition coefficient (Wildman–Crippen LogP) is 1.90. The van der Waals surface area contributed by atoms with Crippen LogP contribution in [0.4, 0.5) is 5.69 Å². The predicted molar refractivity (Wildman–Crippen MR) is 103 cm³/mol. The summed E-state index contributed by atoms with van der Waals surface area (Å²) in [5.74, 6) is -0.599. The molecule has 0 aliphatic heterocycles. The van der Waals surface area contributed by atoms with Gasteiger partial charge in [0.05, 0.1) is 28.2 Å². The normalized spacial score (nSPS) is 20.7. The molecular formula is C19H21N3O6S. The molecule has 1 atom stereocenters. The number of carbonyl (C=O) groups is 1. The Hall–Kier alpha value is -2.85. The van der Waals surface area contributed by atoms with E-state index in [-0.39, 0.29) is 27.8 Å². The Kier molecular flexibility index (Phi) is 5.67. The van der Waals surface area contributed by atoms with Crippen LogP contribution in [0.5, 0.6) is 0 Å². The fourth-order valence-corrected chi connectivity index (χ4v) is 4.16. The average molecular weight is 419 g/mol. The van der Waals surface area contributed by atoms with Gasteiger partial charge in [0, 0.05) is 12.0 Å². The van der Waals surface area contributed by atoms with E-state index in [1.165, 1.54) is 29.7 Å². The number of Topliss-reactive ketones (excluding diaryl/α,β-unsaturated/α-hetero) is 1. The minimum absolute atomic E-state index is 0.0194. The summed E-state index contributed by atoms with van der Waals surface area (Å²) in [6, 6.07) is 7.61. The molecule has 1 N–H and O–H groups in total. The largest absolute Gasteiger partial charge is 0.393 e. The van der Waals surface area contributed by atoms with Gasteiger partial charge in [-0.1, -0.05) is 17.7 Å². The molecule has 154 valence electrons. The third kappa shape index (κ3) is 4.43. The maximum atomic E-state index is 12.7. The molecule has 10 heteroatoms. The highest BCUT2D eigenvalue weighted by atomic mass is 32.2. The zero-order valence-electron chi connectivity index (χ0n) is 15.9. The van der Waals surface area contributed by atoms with Crippen molar-refractivity contribution >= 4 is 21.5 Å². The van der Waals surface area contributed by atoms with Crippen molar-refractivity contribution < 1.29 is 23.2 Å². The van der Waals surface area contributed by atoms with Crippen LogP contribution in [0.25, 0.3) is 0 Å². The summed E-state index contributed by atoms with van der Waals surface area (Å²) >= 11 is 0. The van der Waals surface area contributed by atoms with Gasteiger partial charge in [0.15, 0.2) is 5.78 Å². The zero-order chi connectivity index (χ0) is 21.3. The Morgan fingerprint density at radius 3 is 2.41 bits per heavy atom. The maximum absolute atomic E-state index is 12.7.